The molecule has 0 aliphatic carbocycles. The monoisotopic (exact) mass is 469 g/mol. The highest BCUT2D eigenvalue weighted by Crippen LogP contribution is 2.17. The number of carbonyl (C=O) groups excluding carboxylic acids is 2. The minimum Gasteiger partial charge on any atom is -0.348 e. The predicted octanol–water partition coefficient (Wildman–Crippen LogP) is 4.30. The van der Waals surface area contributed by atoms with Crippen molar-refractivity contribution in [3.05, 3.63) is 89.7 Å². The molecule has 3 aromatic carbocycles. The lowest BCUT2D eigenvalue weighted by molar-refractivity contribution is -0.116. The van der Waals surface area contributed by atoms with Gasteiger partial charge in [-0.15, -0.1) is 0 Å². The van der Waals surface area contributed by atoms with Crippen molar-refractivity contribution in [2.45, 2.75) is 31.2 Å². The summed E-state index contributed by atoms with van der Waals surface area (Å²) in [6, 6.07) is 17.6. The molecule has 3 N–H and O–H groups in total. The van der Waals surface area contributed by atoms with E-state index in [0.717, 1.165) is 24.1 Å². The molecule has 33 heavy (non-hydrogen) atoms. The van der Waals surface area contributed by atoms with Crippen LogP contribution in [0.3, 0.4) is 0 Å². The molecule has 3 rings (SSSR count). The maximum Gasteiger partial charge on any atom is 0.261 e. The molecule has 0 fully saturated rings. The molecule has 172 valence electrons. The third-order valence-corrected chi connectivity index (χ3v) is 6.06. The van der Waals surface area contributed by atoms with E-state index in [0.29, 0.717) is 17.7 Å². The second kappa shape index (κ2) is 10.7. The normalized spacial score (nSPS) is 11.0. The van der Waals surface area contributed by atoms with Crippen LogP contribution in [0.4, 0.5) is 15.8 Å². The average Bonchev–Trinajstić information content (AvgIpc) is 2.78. The third-order valence-electron chi connectivity index (χ3n) is 4.66. The first-order chi connectivity index (χ1) is 15.8. The van der Waals surface area contributed by atoms with Gasteiger partial charge < -0.3 is 10.6 Å². The van der Waals surface area contributed by atoms with E-state index in [-0.39, 0.29) is 28.9 Å². The number of nitrogens with one attached hydrogen (secondary N) is 3. The van der Waals surface area contributed by atoms with Gasteiger partial charge in [0.25, 0.3) is 15.9 Å². The molecular formula is C24H24FN3O4S. The molecule has 9 heteroatoms. The van der Waals surface area contributed by atoms with Gasteiger partial charge in [-0.05, 0) is 72.6 Å². The van der Waals surface area contributed by atoms with Crippen molar-refractivity contribution >= 4 is 33.2 Å². The Morgan fingerprint density at radius 3 is 2.27 bits per heavy atom. The number of hydrogen-bond donors (Lipinski definition) is 3. The van der Waals surface area contributed by atoms with Gasteiger partial charge in [-0.2, -0.15) is 0 Å². The van der Waals surface area contributed by atoms with Crippen LogP contribution in [0.15, 0.2) is 77.7 Å². The Hall–Kier alpha value is -3.72. The van der Waals surface area contributed by atoms with Crippen molar-refractivity contribution in [2.24, 2.45) is 0 Å². The minimum atomic E-state index is -3.87. The van der Waals surface area contributed by atoms with Crippen LogP contribution in [0.5, 0.6) is 0 Å². The molecule has 0 aliphatic rings. The van der Waals surface area contributed by atoms with Crippen LogP contribution in [0.2, 0.25) is 0 Å². The van der Waals surface area contributed by atoms with Gasteiger partial charge in [0, 0.05) is 29.9 Å². The van der Waals surface area contributed by atoms with Crippen LogP contribution in [0.1, 0.15) is 35.7 Å². The molecule has 0 radical (unpaired) electrons. The zero-order chi connectivity index (χ0) is 23.8. The highest BCUT2D eigenvalue weighted by atomic mass is 32.2. The molecule has 2 amide bonds. The summed E-state index contributed by atoms with van der Waals surface area (Å²) in [5, 5.41) is 5.61. The Kier molecular flexibility index (Phi) is 7.78. The fraction of sp³-hybridized carbons (Fsp3) is 0.167. The lowest BCUT2D eigenvalue weighted by Crippen LogP contribution is -2.23. The van der Waals surface area contributed by atoms with Crippen LogP contribution in [0, 0.1) is 5.82 Å². The maximum absolute atomic E-state index is 13.0. The van der Waals surface area contributed by atoms with Crippen molar-refractivity contribution in [1.29, 1.82) is 0 Å². The lowest BCUT2D eigenvalue weighted by Gasteiger charge is -2.10. The summed E-state index contributed by atoms with van der Waals surface area (Å²) in [7, 11) is -3.87. The Labute approximate surface area is 192 Å². The first kappa shape index (κ1) is 23.9. The fourth-order valence-electron chi connectivity index (χ4n) is 3.01. The second-order valence-corrected chi connectivity index (χ2v) is 9.00. The van der Waals surface area contributed by atoms with E-state index in [1.54, 1.807) is 18.2 Å². The Morgan fingerprint density at radius 1 is 0.909 bits per heavy atom. The highest BCUT2D eigenvalue weighted by Gasteiger charge is 2.14. The summed E-state index contributed by atoms with van der Waals surface area (Å²) >= 11 is 0. The van der Waals surface area contributed by atoms with Crippen LogP contribution in [-0.2, 0) is 21.4 Å². The zero-order valence-corrected chi connectivity index (χ0v) is 18.8. The van der Waals surface area contributed by atoms with E-state index in [1.807, 2.05) is 13.0 Å². The largest absolute Gasteiger partial charge is 0.348 e. The molecule has 0 unspecified atom stereocenters. The first-order valence-corrected chi connectivity index (χ1v) is 11.8. The van der Waals surface area contributed by atoms with Gasteiger partial charge >= 0.3 is 0 Å². The van der Waals surface area contributed by atoms with Crippen molar-refractivity contribution < 1.29 is 22.4 Å². The van der Waals surface area contributed by atoms with Crippen molar-refractivity contribution in [2.75, 3.05) is 10.0 Å². The molecule has 0 spiro atoms. The molecule has 0 aliphatic heterocycles. The summed E-state index contributed by atoms with van der Waals surface area (Å²) in [4.78, 5) is 24.1. The Balaban J connectivity index is 1.58. The van der Waals surface area contributed by atoms with Gasteiger partial charge in [0.05, 0.1) is 4.90 Å². The van der Waals surface area contributed by atoms with Crippen molar-refractivity contribution in [3.8, 4) is 0 Å². The molecule has 0 saturated heterocycles. The zero-order valence-electron chi connectivity index (χ0n) is 18.0. The van der Waals surface area contributed by atoms with E-state index in [2.05, 4.69) is 15.4 Å². The number of benzene rings is 3. The van der Waals surface area contributed by atoms with Gasteiger partial charge in [0.15, 0.2) is 0 Å². The number of carbonyl (C=O) groups is 2. The summed E-state index contributed by atoms with van der Waals surface area (Å²) in [5.74, 6) is -0.922. The standard InChI is InChI=1S/C24H24FN3O4S/c1-2-4-23(29)27-21-6-3-5-17(15-21)16-26-24(30)18-7-11-20(12-8-18)28-33(31,32)22-13-9-19(25)10-14-22/h3,5-15,28H,2,4,16H2,1H3,(H,26,30)(H,27,29). The van der Waals surface area contributed by atoms with Gasteiger partial charge in [-0.1, -0.05) is 19.1 Å². The topological polar surface area (TPSA) is 104 Å². The minimum absolute atomic E-state index is 0.0613. The fourth-order valence-corrected chi connectivity index (χ4v) is 4.07. The summed E-state index contributed by atoms with van der Waals surface area (Å²) in [6.07, 6.45) is 1.20. The number of sulfonamides is 1. The van der Waals surface area contributed by atoms with Crippen molar-refractivity contribution in [3.63, 3.8) is 0 Å². The number of halogens is 1. The number of amides is 2. The quantitative estimate of drug-likeness (QED) is 0.435. The third kappa shape index (κ3) is 6.88. The average molecular weight is 470 g/mol. The highest BCUT2D eigenvalue weighted by molar-refractivity contribution is 7.92. The van der Waals surface area contributed by atoms with E-state index in [1.165, 1.54) is 36.4 Å². The van der Waals surface area contributed by atoms with Crippen LogP contribution in [0.25, 0.3) is 0 Å². The van der Waals surface area contributed by atoms with E-state index in [9.17, 15) is 22.4 Å². The SMILES string of the molecule is CCCC(=O)Nc1cccc(CNC(=O)c2ccc(NS(=O)(=O)c3ccc(F)cc3)cc2)c1. The number of rotatable bonds is 9. The molecule has 0 bridgehead atoms. The molecule has 0 atom stereocenters. The Morgan fingerprint density at radius 2 is 1.61 bits per heavy atom. The summed E-state index contributed by atoms with van der Waals surface area (Å²) < 4.78 is 40.2. The molecule has 0 heterocycles. The number of hydrogen-bond acceptors (Lipinski definition) is 4. The smallest absolute Gasteiger partial charge is 0.261 e. The molecule has 3 aromatic rings. The summed E-state index contributed by atoms with van der Waals surface area (Å²) in [5.41, 5.74) is 2.11. The second-order valence-electron chi connectivity index (χ2n) is 7.32. The van der Waals surface area contributed by atoms with E-state index in [4.69, 9.17) is 0 Å². The number of anilines is 2. The summed E-state index contributed by atoms with van der Waals surface area (Å²) in [6.45, 7) is 2.19. The molecule has 0 aromatic heterocycles. The maximum atomic E-state index is 13.0. The molecular weight excluding hydrogens is 445 g/mol. The van der Waals surface area contributed by atoms with Crippen LogP contribution in [-0.4, -0.2) is 20.2 Å². The van der Waals surface area contributed by atoms with E-state index < -0.39 is 15.8 Å². The predicted molar refractivity (Wildman–Crippen MR) is 125 cm³/mol. The van der Waals surface area contributed by atoms with Crippen molar-refractivity contribution in [1.82, 2.24) is 5.32 Å². The van der Waals surface area contributed by atoms with Gasteiger partial charge in [-0.25, -0.2) is 12.8 Å². The molecule has 7 nitrogen and oxygen atoms in total. The van der Waals surface area contributed by atoms with Crippen LogP contribution >= 0.6 is 0 Å². The van der Waals surface area contributed by atoms with E-state index >= 15 is 0 Å². The van der Waals surface area contributed by atoms with Crippen LogP contribution < -0.4 is 15.4 Å². The first-order valence-electron chi connectivity index (χ1n) is 10.3. The van der Waals surface area contributed by atoms with Gasteiger partial charge in [0.1, 0.15) is 5.82 Å². The Bertz CT molecular complexity index is 1230. The molecule has 0 saturated carbocycles. The van der Waals surface area contributed by atoms with Gasteiger partial charge in [-0.3, -0.25) is 14.3 Å². The lowest BCUT2D eigenvalue weighted by atomic mass is 10.1. The van der Waals surface area contributed by atoms with Gasteiger partial charge in [0.2, 0.25) is 5.91 Å².